The minimum Gasteiger partial charge on any atom is -0.219 e. The third kappa shape index (κ3) is 1.96. The standard InChI is InChI=1S/C12H11NS/c1-2-5-10-8-11-6-3-4-7-12(11)14-13-9-10/h2-4,6-9H,1,5H2. The van der Waals surface area contributed by atoms with Crippen molar-refractivity contribution in [2.24, 2.45) is 4.40 Å². The molecule has 0 saturated carbocycles. The first-order chi connectivity index (χ1) is 6.90. The molecule has 70 valence electrons. The first-order valence-corrected chi connectivity index (χ1v) is 5.28. The van der Waals surface area contributed by atoms with Crippen LogP contribution in [0, 0.1) is 0 Å². The van der Waals surface area contributed by atoms with E-state index in [0.29, 0.717) is 0 Å². The zero-order valence-electron chi connectivity index (χ0n) is 7.81. The van der Waals surface area contributed by atoms with Gasteiger partial charge in [-0.1, -0.05) is 24.3 Å². The SMILES string of the molecule is C=CCC1=Cc2ccccc2SN=C1. The quantitative estimate of drug-likeness (QED) is 0.524. The van der Waals surface area contributed by atoms with Gasteiger partial charge in [-0.15, -0.1) is 6.58 Å². The molecular weight excluding hydrogens is 190 g/mol. The van der Waals surface area contributed by atoms with E-state index < -0.39 is 0 Å². The molecule has 1 aromatic carbocycles. The van der Waals surface area contributed by atoms with Crippen LogP contribution in [0.1, 0.15) is 12.0 Å². The van der Waals surface area contributed by atoms with Crippen molar-refractivity contribution >= 4 is 24.2 Å². The van der Waals surface area contributed by atoms with Crippen molar-refractivity contribution in [1.82, 2.24) is 0 Å². The van der Waals surface area contributed by atoms with Crippen LogP contribution in [0.4, 0.5) is 0 Å². The molecule has 0 N–H and O–H groups in total. The normalized spacial score (nSPS) is 14.1. The van der Waals surface area contributed by atoms with E-state index >= 15 is 0 Å². The molecule has 0 radical (unpaired) electrons. The molecule has 0 unspecified atom stereocenters. The number of benzene rings is 1. The van der Waals surface area contributed by atoms with Crippen LogP contribution in [0.2, 0.25) is 0 Å². The first kappa shape index (κ1) is 9.28. The highest BCUT2D eigenvalue weighted by atomic mass is 32.2. The highest BCUT2D eigenvalue weighted by molar-refractivity contribution is 7.98. The molecule has 1 aliphatic rings. The molecule has 0 spiro atoms. The van der Waals surface area contributed by atoms with Crippen LogP contribution in [0.15, 0.2) is 51.8 Å². The fourth-order valence-electron chi connectivity index (χ4n) is 1.35. The molecule has 1 nitrogen and oxygen atoms in total. The lowest BCUT2D eigenvalue weighted by molar-refractivity contribution is 1.35. The van der Waals surface area contributed by atoms with E-state index in [-0.39, 0.29) is 0 Å². The van der Waals surface area contributed by atoms with Crippen molar-refractivity contribution in [3.8, 4) is 0 Å². The van der Waals surface area contributed by atoms with E-state index in [9.17, 15) is 0 Å². The molecule has 0 fully saturated rings. The molecule has 1 heterocycles. The van der Waals surface area contributed by atoms with Gasteiger partial charge in [-0.05, 0) is 29.7 Å². The molecule has 2 heteroatoms. The Hall–Kier alpha value is -1.28. The van der Waals surface area contributed by atoms with E-state index in [1.807, 2.05) is 24.4 Å². The lowest BCUT2D eigenvalue weighted by Crippen LogP contribution is -1.81. The summed E-state index contributed by atoms with van der Waals surface area (Å²) in [6, 6.07) is 8.28. The summed E-state index contributed by atoms with van der Waals surface area (Å²) in [6.07, 6.45) is 6.85. The topological polar surface area (TPSA) is 12.4 Å². The van der Waals surface area contributed by atoms with Crippen LogP contribution in [0.3, 0.4) is 0 Å². The van der Waals surface area contributed by atoms with Crippen molar-refractivity contribution in [3.63, 3.8) is 0 Å². The van der Waals surface area contributed by atoms with Crippen LogP contribution in [-0.2, 0) is 0 Å². The number of nitrogens with zero attached hydrogens (tertiary/aromatic N) is 1. The number of allylic oxidation sites excluding steroid dienone is 2. The lowest BCUT2D eigenvalue weighted by Gasteiger charge is -1.99. The molecule has 0 saturated heterocycles. The Morgan fingerprint density at radius 2 is 2.21 bits per heavy atom. The second kappa shape index (κ2) is 4.29. The van der Waals surface area contributed by atoms with Gasteiger partial charge in [-0.25, -0.2) is 4.40 Å². The van der Waals surface area contributed by atoms with Gasteiger partial charge in [0.1, 0.15) is 0 Å². The minimum atomic E-state index is 0.873. The van der Waals surface area contributed by atoms with Gasteiger partial charge in [0.15, 0.2) is 0 Å². The van der Waals surface area contributed by atoms with Gasteiger partial charge in [0.05, 0.1) is 0 Å². The molecule has 0 aliphatic carbocycles. The second-order valence-electron chi connectivity index (χ2n) is 3.08. The Morgan fingerprint density at radius 3 is 3.07 bits per heavy atom. The van der Waals surface area contributed by atoms with Crippen LogP contribution < -0.4 is 0 Å². The fraction of sp³-hybridized carbons (Fsp3) is 0.0833. The highest BCUT2D eigenvalue weighted by Gasteiger charge is 2.03. The van der Waals surface area contributed by atoms with Crippen LogP contribution in [0.25, 0.3) is 6.08 Å². The van der Waals surface area contributed by atoms with E-state index in [0.717, 1.165) is 6.42 Å². The van der Waals surface area contributed by atoms with Crippen LogP contribution in [0.5, 0.6) is 0 Å². The first-order valence-electron chi connectivity index (χ1n) is 4.51. The largest absolute Gasteiger partial charge is 0.219 e. The third-order valence-electron chi connectivity index (χ3n) is 2.01. The fourth-order valence-corrected chi connectivity index (χ4v) is 2.02. The Labute approximate surface area is 88.4 Å². The molecule has 2 rings (SSSR count). The van der Waals surface area contributed by atoms with Crippen molar-refractivity contribution in [2.75, 3.05) is 0 Å². The zero-order valence-corrected chi connectivity index (χ0v) is 8.63. The van der Waals surface area contributed by atoms with Gasteiger partial charge in [0.2, 0.25) is 0 Å². The smallest absolute Gasteiger partial charge is 0.0391 e. The van der Waals surface area contributed by atoms with E-state index in [1.165, 1.54) is 28.0 Å². The molecule has 1 aromatic rings. The van der Waals surface area contributed by atoms with Gasteiger partial charge in [-0.3, -0.25) is 0 Å². The molecule has 0 amide bonds. The average Bonchev–Trinajstić information content (AvgIpc) is 2.40. The maximum atomic E-state index is 4.29. The summed E-state index contributed by atoms with van der Waals surface area (Å²) in [6.45, 7) is 3.73. The van der Waals surface area contributed by atoms with E-state index in [1.54, 1.807) is 0 Å². The van der Waals surface area contributed by atoms with E-state index in [4.69, 9.17) is 0 Å². The van der Waals surface area contributed by atoms with Gasteiger partial charge >= 0.3 is 0 Å². The molecule has 0 bridgehead atoms. The molecule has 0 atom stereocenters. The minimum absolute atomic E-state index is 0.873. The summed E-state index contributed by atoms with van der Waals surface area (Å²) < 4.78 is 4.29. The van der Waals surface area contributed by atoms with Crippen molar-refractivity contribution < 1.29 is 0 Å². The molecule has 1 aliphatic heterocycles. The summed E-state index contributed by atoms with van der Waals surface area (Å²) in [4.78, 5) is 1.21. The molecule has 14 heavy (non-hydrogen) atoms. The summed E-state index contributed by atoms with van der Waals surface area (Å²) in [5.41, 5.74) is 2.45. The highest BCUT2D eigenvalue weighted by Crippen LogP contribution is 2.28. The third-order valence-corrected chi connectivity index (χ3v) is 2.79. The number of fused-ring (bicyclic) bond motifs is 1. The summed E-state index contributed by atoms with van der Waals surface area (Å²) in [5, 5.41) is 0. The number of hydrogen-bond donors (Lipinski definition) is 0. The summed E-state index contributed by atoms with van der Waals surface area (Å²) >= 11 is 1.52. The Balaban J connectivity index is 2.40. The van der Waals surface area contributed by atoms with Crippen molar-refractivity contribution in [3.05, 3.63) is 48.1 Å². The van der Waals surface area contributed by atoms with Crippen LogP contribution >= 0.6 is 11.9 Å². The summed E-state index contributed by atoms with van der Waals surface area (Å²) in [5.74, 6) is 0. The Kier molecular flexibility index (Phi) is 2.84. The van der Waals surface area contributed by atoms with E-state index in [2.05, 4.69) is 29.2 Å². The molecule has 0 aromatic heterocycles. The van der Waals surface area contributed by atoms with Crippen LogP contribution in [-0.4, -0.2) is 6.21 Å². The second-order valence-corrected chi connectivity index (χ2v) is 3.91. The average molecular weight is 201 g/mol. The number of hydrogen-bond acceptors (Lipinski definition) is 2. The summed E-state index contributed by atoms with van der Waals surface area (Å²) in [7, 11) is 0. The maximum absolute atomic E-state index is 4.29. The number of rotatable bonds is 2. The van der Waals surface area contributed by atoms with Crippen molar-refractivity contribution in [2.45, 2.75) is 11.3 Å². The van der Waals surface area contributed by atoms with Gasteiger partial charge in [0, 0.05) is 23.1 Å². The Morgan fingerprint density at radius 1 is 1.36 bits per heavy atom. The maximum Gasteiger partial charge on any atom is 0.0391 e. The molecular formula is C12H11NS. The monoisotopic (exact) mass is 201 g/mol. The predicted octanol–water partition coefficient (Wildman–Crippen LogP) is 3.74. The zero-order chi connectivity index (χ0) is 9.80. The van der Waals surface area contributed by atoms with Gasteiger partial charge < -0.3 is 0 Å². The predicted molar refractivity (Wildman–Crippen MR) is 63.6 cm³/mol. The van der Waals surface area contributed by atoms with Gasteiger partial charge in [0.25, 0.3) is 0 Å². The lowest BCUT2D eigenvalue weighted by atomic mass is 10.1. The van der Waals surface area contributed by atoms with Crippen molar-refractivity contribution in [1.29, 1.82) is 0 Å². The van der Waals surface area contributed by atoms with Gasteiger partial charge in [-0.2, -0.15) is 0 Å². The Bertz CT molecular complexity index is 405.